The van der Waals surface area contributed by atoms with Crippen LogP contribution in [0.1, 0.15) is 28.6 Å². The summed E-state index contributed by atoms with van der Waals surface area (Å²) < 4.78 is 13.3. The second kappa shape index (κ2) is 8.16. The molecule has 0 aliphatic carbocycles. The fraction of sp³-hybridized carbons (Fsp3) is 0.158. The van der Waals surface area contributed by atoms with E-state index in [1.807, 2.05) is 6.07 Å². The molecule has 26 heavy (non-hydrogen) atoms. The van der Waals surface area contributed by atoms with E-state index in [1.54, 1.807) is 18.2 Å². The number of aryl methyl sites for hydroxylation is 1. The minimum atomic E-state index is -0.461. The number of rotatable bonds is 5. The maximum absolute atomic E-state index is 13.3. The quantitative estimate of drug-likeness (QED) is 0.525. The van der Waals surface area contributed by atoms with Gasteiger partial charge in [0.15, 0.2) is 5.13 Å². The Bertz CT molecular complexity index is 958. The van der Waals surface area contributed by atoms with Crippen LogP contribution in [0, 0.1) is 5.82 Å². The minimum absolute atomic E-state index is 0.239. The van der Waals surface area contributed by atoms with Gasteiger partial charge in [-0.15, -0.1) is 11.3 Å². The number of thiazole rings is 1. The SMILES string of the molecule is CCCc1sc(NC(=O)c2cccc(F)c2)nc1-c1ccc(Cl)cc1Cl. The van der Waals surface area contributed by atoms with Gasteiger partial charge in [-0.2, -0.15) is 0 Å². The summed E-state index contributed by atoms with van der Waals surface area (Å²) >= 11 is 13.7. The summed E-state index contributed by atoms with van der Waals surface area (Å²) in [6.07, 6.45) is 1.74. The third-order valence-electron chi connectivity index (χ3n) is 3.67. The number of amides is 1. The molecule has 2 aromatic carbocycles. The van der Waals surface area contributed by atoms with Crippen molar-refractivity contribution in [3.63, 3.8) is 0 Å². The highest BCUT2D eigenvalue weighted by molar-refractivity contribution is 7.16. The molecule has 0 aliphatic heterocycles. The summed E-state index contributed by atoms with van der Waals surface area (Å²) in [4.78, 5) is 17.9. The average Bonchev–Trinajstić information content (AvgIpc) is 2.97. The lowest BCUT2D eigenvalue weighted by Crippen LogP contribution is -2.11. The van der Waals surface area contributed by atoms with Crippen LogP contribution >= 0.6 is 34.5 Å². The molecule has 0 radical (unpaired) electrons. The van der Waals surface area contributed by atoms with Gasteiger partial charge in [0.2, 0.25) is 0 Å². The Morgan fingerprint density at radius 1 is 1.23 bits per heavy atom. The molecule has 3 aromatic rings. The molecule has 0 bridgehead atoms. The van der Waals surface area contributed by atoms with Crippen LogP contribution in [0.3, 0.4) is 0 Å². The summed E-state index contributed by atoms with van der Waals surface area (Å²) in [6, 6.07) is 10.8. The molecule has 134 valence electrons. The molecule has 0 saturated carbocycles. The first-order valence-electron chi connectivity index (χ1n) is 8.00. The summed E-state index contributed by atoms with van der Waals surface area (Å²) in [6.45, 7) is 2.07. The second-order valence-corrected chi connectivity index (χ2v) is 7.56. The minimum Gasteiger partial charge on any atom is -0.298 e. The summed E-state index contributed by atoms with van der Waals surface area (Å²) in [5.41, 5.74) is 1.73. The van der Waals surface area contributed by atoms with Crippen LogP contribution < -0.4 is 5.32 Å². The highest BCUT2D eigenvalue weighted by atomic mass is 35.5. The van der Waals surface area contributed by atoms with Gasteiger partial charge in [0, 0.05) is 21.0 Å². The third-order valence-corrected chi connectivity index (χ3v) is 5.25. The van der Waals surface area contributed by atoms with Crippen molar-refractivity contribution in [2.45, 2.75) is 19.8 Å². The number of carbonyl (C=O) groups excluding carboxylic acids is 1. The highest BCUT2D eigenvalue weighted by Crippen LogP contribution is 2.37. The average molecular weight is 409 g/mol. The Morgan fingerprint density at radius 2 is 2.04 bits per heavy atom. The molecule has 3 nitrogen and oxygen atoms in total. The van der Waals surface area contributed by atoms with E-state index in [0.29, 0.717) is 15.2 Å². The zero-order valence-electron chi connectivity index (χ0n) is 13.9. The number of aromatic nitrogens is 1. The first-order valence-corrected chi connectivity index (χ1v) is 9.57. The van der Waals surface area contributed by atoms with Crippen LogP contribution in [-0.2, 0) is 6.42 Å². The number of hydrogen-bond donors (Lipinski definition) is 1. The van der Waals surface area contributed by atoms with Crippen molar-refractivity contribution in [3.05, 3.63) is 68.8 Å². The number of halogens is 3. The first-order chi connectivity index (χ1) is 12.5. The van der Waals surface area contributed by atoms with Crippen LogP contribution in [-0.4, -0.2) is 10.9 Å². The topological polar surface area (TPSA) is 42.0 Å². The van der Waals surface area contributed by atoms with Crippen molar-refractivity contribution in [3.8, 4) is 11.3 Å². The predicted octanol–water partition coefficient (Wildman–Crippen LogP) is 6.46. The van der Waals surface area contributed by atoms with Crippen molar-refractivity contribution < 1.29 is 9.18 Å². The fourth-order valence-corrected chi connectivity index (χ4v) is 4.06. The third kappa shape index (κ3) is 4.23. The lowest BCUT2D eigenvalue weighted by Gasteiger charge is -2.04. The Hall–Kier alpha value is -1.95. The van der Waals surface area contributed by atoms with Crippen LogP contribution in [0.2, 0.25) is 10.0 Å². The van der Waals surface area contributed by atoms with Gasteiger partial charge in [0.05, 0.1) is 10.7 Å². The van der Waals surface area contributed by atoms with Crippen molar-refractivity contribution in [1.29, 1.82) is 0 Å². The Kier molecular flexibility index (Phi) is 5.91. The van der Waals surface area contributed by atoms with Crippen LogP contribution in [0.5, 0.6) is 0 Å². The van der Waals surface area contributed by atoms with Gasteiger partial charge in [0.25, 0.3) is 5.91 Å². The van der Waals surface area contributed by atoms with E-state index in [4.69, 9.17) is 23.2 Å². The Labute approximate surface area is 164 Å². The van der Waals surface area contributed by atoms with E-state index in [-0.39, 0.29) is 5.56 Å². The molecular formula is C19H15Cl2FN2OS. The molecule has 0 aliphatic rings. The van der Waals surface area contributed by atoms with Gasteiger partial charge in [-0.05, 0) is 42.8 Å². The molecule has 1 amide bonds. The summed E-state index contributed by atoms with van der Waals surface area (Å²) in [7, 11) is 0. The molecule has 1 heterocycles. The van der Waals surface area contributed by atoms with Gasteiger partial charge < -0.3 is 0 Å². The molecule has 0 saturated heterocycles. The van der Waals surface area contributed by atoms with Gasteiger partial charge in [-0.1, -0.05) is 42.6 Å². The second-order valence-electron chi connectivity index (χ2n) is 5.63. The van der Waals surface area contributed by atoms with E-state index in [9.17, 15) is 9.18 Å². The predicted molar refractivity (Wildman–Crippen MR) is 106 cm³/mol. The molecule has 7 heteroatoms. The summed E-state index contributed by atoms with van der Waals surface area (Å²) in [5, 5.41) is 4.24. The number of carbonyl (C=O) groups is 1. The van der Waals surface area contributed by atoms with E-state index in [2.05, 4.69) is 17.2 Å². The number of nitrogens with zero attached hydrogens (tertiary/aromatic N) is 1. The molecule has 0 unspecified atom stereocenters. The van der Waals surface area contributed by atoms with Gasteiger partial charge in [-0.25, -0.2) is 9.37 Å². The first kappa shape index (κ1) is 18.8. The van der Waals surface area contributed by atoms with Crippen molar-refractivity contribution in [2.24, 2.45) is 0 Å². The van der Waals surface area contributed by atoms with Crippen LogP contribution in [0.15, 0.2) is 42.5 Å². The van der Waals surface area contributed by atoms with E-state index >= 15 is 0 Å². The van der Waals surface area contributed by atoms with Crippen molar-refractivity contribution in [2.75, 3.05) is 5.32 Å². The van der Waals surface area contributed by atoms with Crippen LogP contribution in [0.25, 0.3) is 11.3 Å². The van der Waals surface area contributed by atoms with Crippen molar-refractivity contribution >= 4 is 45.6 Å². The van der Waals surface area contributed by atoms with Gasteiger partial charge in [-0.3, -0.25) is 10.1 Å². The van der Waals surface area contributed by atoms with Crippen molar-refractivity contribution in [1.82, 2.24) is 4.98 Å². The molecule has 0 atom stereocenters. The van der Waals surface area contributed by atoms with E-state index in [1.165, 1.54) is 29.5 Å². The maximum Gasteiger partial charge on any atom is 0.257 e. The monoisotopic (exact) mass is 408 g/mol. The van der Waals surface area contributed by atoms with E-state index in [0.717, 1.165) is 29.0 Å². The van der Waals surface area contributed by atoms with Crippen LogP contribution in [0.4, 0.5) is 9.52 Å². The highest BCUT2D eigenvalue weighted by Gasteiger charge is 2.17. The number of hydrogen-bond acceptors (Lipinski definition) is 3. The number of anilines is 1. The number of benzene rings is 2. The van der Waals surface area contributed by atoms with Gasteiger partial charge >= 0.3 is 0 Å². The fourth-order valence-electron chi connectivity index (χ4n) is 2.49. The molecule has 0 fully saturated rings. The normalized spacial score (nSPS) is 10.8. The molecule has 1 N–H and O–H groups in total. The van der Waals surface area contributed by atoms with Gasteiger partial charge in [0.1, 0.15) is 5.82 Å². The standard InChI is InChI=1S/C19H15Cl2FN2OS/c1-2-4-16-17(14-8-7-12(20)10-15(14)21)23-19(26-16)24-18(25)11-5-3-6-13(22)9-11/h3,5-10H,2,4H2,1H3,(H,23,24,25). The smallest absolute Gasteiger partial charge is 0.257 e. The Balaban J connectivity index is 1.93. The lowest BCUT2D eigenvalue weighted by atomic mass is 10.1. The molecular weight excluding hydrogens is 394 g/mol. The molecule has 3 rings (SSSR count). The number of nitrogens with one attached hydrogen (secondary N) is 1. The maximum atomic E-state index is 13.3. The Morgan fingerprint density at radius 3 is 2.73 bits per heavy atom. The zero-order valence-corrected chi connectivity index (χ0v) is 16.2. The molecule has 0 spiro atoms. The zero-order chi connectivity index (χ0) is 18.7. The largest absolute Gasteiger partial charge is 0.298 e. The lowest BCUT2D eigenvalue weighted by molar-refractivity contribution is 0.102. The molecule has 1 aromatic heterocycles. The summed E-state index contributed by atoms with van der Waals surface area (Å²) in [5.74, 6) is -0.868. The van der Waals surface area contributed by atoms with E-state index < -0.39 is 11.7 Å².